The summed E-state index contributed by atoms with van der Waals surface area (Å²) < 4.78 is 10.8. The molecule has 2 heterocycles. The molecular weight excluding hydrogens is 468 g/mol. The molecule has 0 bridgehead atoms. The highest BCUT2D eigenvalue weighted by molar-refractivity contribution is 6.15. The Morgan fingerprint density at radius 3 is 2.46 bits per heavy atom. The van der Waals surface area contributed by atoms with Crippen molar-refractivity contribution in [2.75, 3.05) is 25.9 Å². The highest BCUT2D eigenvalue weighted by Gasteiger charge is 2.72. The standard InChI is InChI=1S/C30H26N2O5/c1-36-17-32-28-22(9-6-16-31-28)30(29(32)35)25(18-10-12-20(37-2)13-11-18)24-21(14-15-23(24)33)26(30)27(34)19-7-4-3-5-8-19/h3-16,21,24-26H,17H2,1-2H3/t21-,24-,25-,26-,30+/m1/s1. The molecular formula is C30H26N2O5. The fourth-order valence-corrected chi connectivity index (χ4v) is 6.78. The third kappa shape index (κ3) is 3.17. The second kappa shape index (κ2) is 8.78. The average Bonchev–Trinajstić information content (AvgIpc) is 3.54. The number of ether oxygens (including phenoxy) is 2. The second-order valence-corrected chi connectivity index (χ2v) is 9.72. The molecule has 1 amide bonds. The van der Waals surface area contributed by atoms with Gasteiger partial charge in [-0.2, -0.15) is 0 Å². The number of benzene rings is 2. The van der Waals surface area contributed by atoms with E-state index in [4.69, 9.17) is 9.47 Å². The van der Waals surface area contributed by atoms with E-state index < -0.39 is 29.1 Å². The maximum atomic E-state index is 14.7. The first-order valence-electron chi connectivity index (χ1n) is 12.3. The smallest absolute Gasteiger partial charge is 0.242 e. The third-order valence-corrected chi connectivity index (χ3v) is 8.11. The molecule has 1 saturated carbocycles. The first kappa shape index (κ1) is 23.3. The predicted molar refractivity (Wildman–Crippen MR) is 136 cm³/mol. The van der Waals surface area contributed by atoms with Crippen LogP contribution < -0.4 is 9.64 Å². The van der Waals surface area contributed by atoms with Crippen LogP contribution in [0.4, 0.5) is 5.82 Å². The van der Waals surface area contributed by atoms with E-state index in [2.05, 4.69) is 4.98 Å². The van der Waals surface area contributed by atoms with Crippen LogP contribution in [0.5, 0.6) is 5.75 Å². The van der Waals surface area contributed by atoms with E-state index in [1.54, 1.807) is 37.6 Å². The predicted octanol–water partition coefficient (Wildman–Crippen LogP) is 3.95. The number of anilines is 1. The lowest BCUT2D eigenvalue weighted by Gasteiger charge is -2.37. The number of Topliss-reactive ketones (excluding diaryl/α,β-unsaturated/α-hetero) is 1. The zero-order valence-corrected chi connectivity index (χ0v) is 20.5. The van der Waals surface area contributed by atoms with Crippen molar-refractivity contribution in [1.82, 2.24) is 4.98 Å². The van der Waals surface area contributed by atoms with Gasteiger partial charge in [0.1, 0.15) is 18.3 Å². The monoisotopic (exact) mass is 494 g/mol. The molecule has 1 aliphatic heterocycles. The van der Waals surface area contributed by atoms with Gasteiger partial charge in [-0.1, -0.05) is 54.6 Å². The Bertz CT molecular complexity index is 1420. The molecule has 3 aliphatic rings. The van der Waals surface area contributed by atoms with Crippen molar-refractivity contribution >= 4 is 23.3 Å². The van der Waals surface area contributed by atoms with Crippen LogP contribution in [-0.4, -0.2) is 43.4 Å². The van der Waals surface area contributed by atoms with Crippen molar-refractivity contribution in [2.45, 2.75) is 11.3 Å². The minimum Gasteiger partial charge on any atom is -0.497 e. The number of fused-ring (bicyclic) bond motifs is 3. The van der Waals surface area contributed by atoms with Crippen molar-refractivity contribution in [3.05, 3.63) is 102 Å². The Balaban J connectivity index is 1.66. The fraction of sp³-hybridized carbons (Fsp3) is 0.267. The van der Waals surface area contributed by atoms with Gasteiger partial charge in [0, 0.05) is 42.2 Å². The lowest BCUT2D eigenvalue weighted by molar-refractivity contribution is -0.126. The van der Waals surface area contributed by atoms with Crippen LogP contribution in [-0.2, 0) is 19.7 Å². The number of hydrogen-bond acceptors (Lipinski definition) is 6. The number of aromatic nitrogens is 1. The number of carbonyl (C=O) groups is 3. The Kier molecular flexibility index (Phi) is 5.53. The van der Waals surface area contributed by atoms with Gasteiger partial charge in [0.05, 0.1) is 12.5 Å². The van der Waals surface area contributed by atoms with Crippen molar-refractivity contribution < 1.29 is 23.9 Å². The molecule has 186 valence electrons. The summed E-state index contributed by atoms with van der Waals surface area (Å²) >= 11 is 0. The normalized spacial score (nSPS) is 27.6. The molecule has 0 radical (unpaired) electrons. The molecule has 7 heteroatoms. The van der Waals surface area contributed by atoms with Gasteiger partial charge in [-0.05, 0) is 35.8 Å². The number of pyridine rings is 1. The summed E-state index contributed by atoms with van der Waals surface area (Å²) in [4.78, 5) is 48.5. The topological polar surface area (TPSA) is 85.8 Å². The number of methoxy groups -OCH3 is 2. The van der Waals surface area contributed by atoms with Gasteiger partial charge in [-0.15, -0.1) is 0 Å². The van der Waals surface area contributed by atoms with Gasteiger partial charge in [0.15, 0.2) is 11.6 Å². The summed E-state index contributed by atoms with van der Waals surface area (Å²) in [5, 5.41) is 0. The van der Waals surface area contributed by atoms with Crippen LogP contribution in [0.1, 0.15) is 27.4 Å². The summed E-state index contributed by atoms with van der Waals surface area (Å²) in [6.07, 6.45) is 5.03. The molecule has 2 aromatic carbocycles. The molecule has 1 fully saturated rings. The van der Waals surface area contributed by atoms with E-state index in [0.717, 1.165) is 5.56 Å². The lowest BCUT2D eigenvalue weighted by Crippen LogP contribution is -2.50. The molecule has 3 aromatic rings. The molecule has 1 aromatic heterocycles. The molecule has 6 rings (SSSR count). The molecule has 0 saturated heterocycles. The highest BCUT2D eigenvalue weighted by atomic mass is 16.5. The van der Waals surface area contributed by atoms with Gasteiger partial charge < -0.3 is 9.47 Å². The molecule has 1 spiro atoms. The first-order valence-corrected chi connectivity index (χ1v) is 12.3. The fourth-order valence-electron chi connectivity index (χ4n) is 6.78. The van der Waals surface area contributed by atoms with Crippen LogP contribution in [0.15, 0.2) is 85.1 Å². The quantitative estimate of drug-likeness (QED) is 0.483. The van der Waals surface area contributed by atoms with E-state index >= 15 is 0 Å². The van der Waals surface area contributed by atoms with E-state index in [1.165, 1.54) is 12.0 Å². The van der Waals surface area contributed by atoms with Crippen molar-refractivity contribution in [3.8, 4) is 5.75 Å². The van der Waals surface area contributed by atoms with Gasteiger partial charge in [-0.3, -0.25) is 19.3 Å². The van der Waals surface area contributed by atoms with Gasteiger partial charge >= 0.3 is 0 Å². The maximum Gasteiger partial charge on any atom is 0.242 e. The van der Waals surface area contributed by atoms with Gasteiger partial charge in [0.25, 0.3) is 0 Å². The Labute approximate surface area is 214 Å². The summed E-state index contributed by atoms with van der Waals surface area (Å²) in [5.41, 5.74) is 0.637. The van der Waals surface area contributed by atoms with Crippen LogP contribution >= 0.6 is 0 Å². The molecule has 37 heavy (non-hydrogen) atoms. The Morgan fingerprint density at radius 1 is 1.00 bits per heavy atom. The Hall–Kier alpha value is -4.10. The zero-order valence-electron chi connectivity index (χ0n) is 20.5. The van der Waals surface area contributed by atoms with E-state index in [9.17, 15) is 14.4 Å². The molecule has 5 atom stereocenters. The van der Waals surface area contributed by atoms with Crippen LogP contribution in [0, 0.1) is 17.8 Å². The van der Waals surface area contributed by atoms with E-state index in [-0.39, 0.29) is 24.2 Å². The number of hydrogen-bond donors (Lipinski definition) is 0. The zero-order chi connectivity index (χ0) is 25.7. The van der Waals surface area contributed by atoms with Crippen molar-refractivity contribution in [1.29, 1.82) is 0 Å². The van der Waals surface area contributed by atoms with Crippen molar-refractivity contribution in [3.63, 3.8) is 0 Å². The number of nitrogens with zero attached hydrogens (tertiary/aromatic N) is 2. The third-order valence-electron chi connectivity index (χ3n) is 8.11. The summed E-state index contributed by atoms with van der Waals surface area (Å²) in [6.45, 7) is -0.00864. The summed E-state index contributed by atoms with van der Waals surface area (Å²) in [7, 11) is 3.11. The first-order chi connectivity index (χ1) is 18.0. The molecule has 0 N–H and O–H groups in total. The second-order valence-electron chi connectivity index (χ2n) is 9.72. The number of allylic oxidation sites excluding steroid dienone is 2. The largest absolute Gasteiger partial charge is 0.497 e. The van der Waals surface area contributed by atoms with Crippen LogP contribution in [0.25, 0.3) is 0 Å². The number of amides is 1. The number of ketones is 2. The number of carbonyl (C=O) groups excluding carboxylic acids is 3. The summed E-state index contributed by atoms with van der Waals surface area (Å²) in [5.74, 6) is -1.75. The molecule has 7 nitrogen and oxygen atoms in total. The Morgan fingerprint density at radius 2 is 1.76 bits per heavy atom. The van der Waals surface area contributed by atoms with Crippen LogP contribution in [0.3, 0.4) is 0 Å². The van der Waals surface area contributed by atoms with Crippen molar-refractivity contribution in [2.24, 2.45) is 17.8 Å². The minimum atomic E-state index is -1.33. The SMILES string of the molecule is COCN1C(=O)[C@@]2(c3cccnc31)[C@H](c1ccc(OC)cc1)[C@H]1C(=O)C=C[C@H]1[C@@H]2C(=O)c1ccccc1. The molecule has 2 aliphatic carbocycles. The van der Waals surface area contributed by atoms with Gasteiger partial charge in [-0.25, -0.2) is 4.98 Å². The lowest BCUT2D eigenvalue weighted by atomic mass is 9.62. The summed E-state index contributed by atoms with van der Waals surface area (Å²) in [6, 6.07) is 20.1. The highest BCUT2D eigenvalue weighted by Crippen LogP contribution is 2.66. The minimum absolute atomic E-state index is 0.00864. The van der Waals surface area contributed by atoms with E-state index in [1.807, 2.05) is 54.6 Å². The van der Waals surface area contributed by atoms with Gasteiger partial charge in [0.2, 0.25) is 5.91 Å². The van der Waals surface area contributed by atoms with Crippen LogP contribution in [0.2, 0.25) is 0 Å². The van der Waals surface area contributed by atoms with E-state index in [0.29, 0.717) is 22.7 Å². The maximum absolute atomic E-state index is 14.7. The molecule has 0 unspecified atom stereocenters. The number of rotatable bonds is 6. The average molecular weight is 495 g/mol.